The maximum absolute atomic E-state index is 4.20. The molecule has 4 heteroatoms. The van der Waals surface area contributed by atoms with Crippen molar-refractivity contribution in [3.8, 4) is 11.4 Å². The van der Waals surface area contributed by atoms with Gasteiger partial charge in [-0.2, -0.15) is 9.78 Å². The van der Waals surface area contributed by atoms with Crippen molar-refractivity contribution in [2.75, 3.05) is 5.32 Å². The first kappa shape index (κ1) is 7.32. The molecule has 14 heavy (non-hydrogen) atoms. The van der Waals surface area contributed by atoms with Gasteiger partial charge in [-0.15, -0.1) is 0 Å². The molecule has 1 aromatic heterocycles. The predicted octanol–water partition coefficient (Wildman–Crippen LogP) is 1.80. The summed E-state index contributed by atoms with van der Waals surface area (Å²) in [6.07, 6.45) is 1.53. The van der Waals surface area contributed by atoms with E-state index in [0.29, 0.717) is 0 Å². The van der Waals surface area contributed by atoms with E-state index in [2.05, 4.69) is 22.0 Å². The first-order valence-corrected chi connectivity index (χ1v) is 4.32. The van der Waals surface area contributed by atoms with Crippen molar-refractivity contribution in [2.45, 2.75) is 0 Å². The molecule has 0 aliphatic carbocycles. The monoisotopic (exact) mass is 184 g/mol. The summed E-state index contributed by atoms with van der Waals surface area (Å²) in [7, 11) is 0. The van der Waals surface area contributed by atoms with E-state index in [-0.39, 0.29) is 0 Å². The summed E-state index contributed by atoms with van der Waals surface area (Å²) in [5, 5.41) is 7.25. The topological polar surface area (TPSA) is 42.7 Å². The first-order chi connectivity index (χ1) is 6.86. The van der Waals surface area contributed by atoms with Crippen molar-refractivity contribution in [1.29, 1.82) is 0 Å². The van der Waals surface area contributed by atoms with Crippen molar-refractivity contribution < 1.29 is 0 Å². The Morgan fingerprint density at radius 1 is 1.29 bits per heavy atom. The van der Waals surface area contributed by atoms with Gasteiger partial charge in [0.15, 0.2) is 5.82 Å². The number of hydrogen-bond donors (Lipinski definition) is 1. The van der Waals surface area contributed by atoms with Gasteiger partial charge >= 0.3 is 0 Å². The molecule has 0 fully saturated rings. The van der Waals surface area contributed by atoms with Crippen LogP contribution in [0.4, 0.5) is 5.69 Å². The van der Waals surface area contributed by atoms with Gasteiger partial charge < -0.3 is 5.32 Å². The highest BCUT2D eigenvalue weighted by Gasteiger charge is 2.18. The molecular weight excluding hydrogens is 176 g/mol. The molecule has 2 heterocycles. The summed E-state index contributed by atoms with van der Waals surface area (Å²) >= 11 is 0. The van der Waals surface area contributed by atoms with Gasteiger partial charge in [-0.1, -0.05) is 18.7 Å². The van der Waals surface area contributed by atoms with Crippen LogP contribution >= 0.6 is 0 Å². The molecule has 0 atom stereocenters. The summed E-state index contributed by atoms with van der Waals surface area (Å²) in [6.45, 7) is 3.88. The fourth-order valence-corrected chi connectivity index (χ4v) is 1.62. The van der Waals surface area contributed by atoms with E-state index < -0.39 is 0 Å². The van der Waals surface area contributed by atoms with Crippen LogP contribution in [0.5, 0.6) is 0 Å². The van der Waals surface area contributed by atoms with E-state index in [1.165, 1.54) is 6.33 Å². The van der Waals surface area contributed by atoms with E-state index in [9.17, 15) is 0 Å². The third-order valence-electron chi connectivity index (χ3n) is 2.25. The van der Waals surface area contributed by atoms with Crippen molar-refractivity contribution in [2.24, 2.45) is 0 Å². The number of rotatable bonds is 0. The van der Waals surface area contributed by atoms with Crippen LogP contribution in [0.2, 0.25) is 0 Å². The highest BCUT2D eigenvalue weighted by molar-refractivity contribution is 5.84. The number of nitrogens with zero attached hydrogens (tertiary/aromatic N) is 3. The molecule has 1 N–H and O–H groups in total. The predicted molar refractivity (Wildman–Crippen MR) is 54.4 cm³/mol. The molecule has 0 bridgehead atoms. The average molecular weight is 184 g/mol. The largest absolute Gasteiger partial charge is 0.340 e. The molecule has 2 aromatic rings. The second-order valence-electron chi connectivity index (χ2n) is 3.11. The van der Waals surface area contributed by atoms with Gasteiger partial charge in [0.25, 0.3) is 0 Å². The molecule has 0 spiro atoms. The first-order valence-electron chi connectivity index (χ1n) is 4.32. The van der Waals surface area contributed by atoms with Gasteiger partial charge in [0.1, 0.15) is 12.1 Å². The van der Waals surface area contributed by atoms with E-state index >= 15 is 0 Å². The van der Waals surface area contributed by atoms with Gasteiger partial charge in [0.05, 0.1) is 5.69 Å². The number of anilines is 1. The Kier molecular flexibility index (Phi) is 1.28. The zero-order valence-corrected chi connectivity index (χ0v) is 7.44. The van der Waals surface area contributed by atoms with Gasteiger partial charge in [-0.25, -0.2) is 4.98 Å². The highest BCUT2D eigenvalue weighted by atomic mass is 15.4. The standard InChI is InChI=1S/C10H8N4/c1-7-13-9-5-3-2-4-8(9)10-11-6-12-14(7)10/h2-6,13H,1H2. The fraction of sp³-hybridized carbons (Fsp3) is 0. The number of aromatic nitrogens is 3. The van der Waals surface area contributed by atoms with Crippen LogP contribution in [-0.4, -0.2) is 14.8 Å². The van der Waals surface area contributed by atoms with Crippen LogP contribution in [0, 0.1) is 0 Å². The molecule has 0 amide bonds. The highest BCUT2D eigenvalue weighted by Crippen LogP contribution is 2.32. The molecule has 1 aromatic carbocycles. The lowest BCUT2D eigenvalue weighted by Crippen LogP contribution is -2.14. The lowest BCUT2D eigenvalue weighted by atomic mass is 10.1. The summed E-state index contributed by atoms with van der Waals surface area (Å²) in [5.41, 5.74) is 2.08. The van der Waals surface area contributed by atoms with E-state index in [1.54, 1.807) is 4.68 Å². The number of nitrogens with one attached hydrogen (secondary N) is 1. The summed E-state index contributed by atoms with van der Waals surface area (Å²) < 4.78 is 1.70. The van der Waals surface area contributed by atoms with Crippen LogP contribution in [0.3, 0.4) is 0 Å². The third-order valence-corrected chi connectivity index (χ3v) is 2.25. The molecule has 1 aliphatic rings. The van der Waals surface area contributed by atoms with Crippen molar-refractivity contribution in [1.82, 2.24) is 14.8 Å². The van der Waals surface area contributed by atoms with Crippen molar-refractivity contribution in [3.63, 3.8) is 0 Å². The Morgan fingerprint density at radius 3 is 3.07 bits per heavy atom. The number of benzene rings is 1. The quantitative estimate of drug-likeness (QED) is 0.678. The zero-order chi connectivity index (χ0) is 9.54. The lowest BCUT2D eigenvalue weighted by Gasteiger charge is -2.19. The SMILES string of the molecule is C=C1Nc2ccccc2-c2ncnn21. The normalized spacial score (nSPS) is 13.0. The summed E-state index contributed by atoms with van der Waals surface area (Å²) in [6, 6.07) is 7.97. The van der Waals surface area contributed by atoms with E-state index in [4.69, 9.17) is 0 Å². The number of fused-ring (bicyclic) bond motifs is 3. The zero-order valence-electron chi connectivity index (χ0n) is 7.44. The molecule has 3 rings (SSSR count). The van der Waals surface area contributed by atoms with Gasteiger partial charge in [0.2, 0.25) is 0 Å². The van der Waals surface area contributed by atoms with Crippen LogP contribution in [0.25, 0.3) is 17.2 Å². The van der Waals surface area contributed by atoms with E-state index in [0.717, 1.165) is 22.9 Å². The molecule has 4 nitrogen and oxygen atoms in total. The number of hydrogen-bond acceptors (Lipinski definition) is 3. The van der Waals surface area contributed by atoms with Gasteiger partial charge in [-0.05, 0) is 12.1 Å². The molecule has 68 valence electrons. The second kappa shape index (κ2) is 2.45. The molecule has 0 saturated carbocycles. The average Bonchev–Trinajstić information content (AvgIpc) is 2.67. The Bertz CT molecular complexity index is 512. The second-order valence-corrected chi connectivity index (χ2v) is 3.11. The van der Waals surface area contributed by atoms with Gasteiger partial charge in [0, 0.05) is 5.56 Å². The minimum absolute atomic E-state index is 0.733. The van der Waals surface area contributed by atoms with Crippen LogP contribution < -0.4 is 5.32 Å². The molecule has 0 saturated heterocycles. The minimum Gasteiger partial charge on any atom is -0.340 e. The maximum atomic E-state index is 4.20. The van der Waals surface area contributed by atoms with Crippen molar-refractivity contribution in [3.05, 3.63) is 37.2 Å². The Morgan fingerprint density at radius 2 is 2.14 bits per heavy atom. The Labute approximate surface area is 80.9 Å². The van der Waals surface area contributed by atoms with Crippen LogP contribution in [0.1, 0.15) is 0 Å². The van der Waals surface area contributed by atoms with Crippen LogP contribution in [-0.2, 0) is 0 Å². The van der Waals surface area contributed by atoms with Crippen molar-refractivity contribution >= 4 is 11.5 Å². The fourth-order valence-electron chi connectivity index (χ4n) is 1.62. The minimum atomic E-state index is 0.733. The van der Waals surface area contributed by atoms with E-state index in [1.807, 2.05) is 24.3 Å². The Hall–Kier alpha value is -2.10. The Balaban J connectivity index is 2.34. The molecule has 1 aliphatic heterocycles. The van der Waals surface area contributed by atoms with Crippen LogP contribution in [0.15, 0.2) is 37.2 Å². The smallest absolute Gasteiger partial charge is 0.166 e. The molecule has 0 unspecified atom stereocenters. The summed E-state index contributed by atoms with van der Waals surface area (Å²) in [4.78, 5) is 4.20. The number of para-hydroxylation sites is 1. The molecular formula is C10H8N4. The molecule has 0 radical (unpaired) electrons. The van der Waals surface area contributed by atoms with Gasteiger partial charge in [-0.3, -0.25) is 0 Å². The maximum Gasteiger partial charge on any atom is 0.166 e. The lowest BCUT2D eigenvalue weighted by molar-refractivity contribution is 0.899. The summed E-state index contributed by atoms with van der Waals surface area (Å²) in [5.74, 6) is 1.57. The third kappa shape index (κ3) is 0.821.